The van der Waals surface area contributed by atoms with Gasteiger partial charge in [-0.15, -0.1) is 0 Å². The molecule has 0 spiro atoms. The molecule has 94 valence electrons. The number of carbonyl (C=O) groups is 1. The highest BCUT2D eigenvalue weighted by molar-refractivity contribution is 6.32. The highest BCUT2D eigenvalue weighted by Gasteiger charge is 2.44. The van der Waals surface area contributed by atoms with Gasteiger partial charge in [-0.25, -0.2) is 4.79 Å². The van der Waals surface area contributed by atoms with Crippen molar-refractivity contribution >= 4 is 17.6 Å². The van der Waals surface area contributed by atoms with E-state index in [-0.39, 0.29) is 17.4 Å². The van der Waals surface area contributed by atoms with Gasteiger partial charge in [-0.1, -0.05) is 17.7 Å². The van der Waals surface area contributed by atoms with Crippen LogP contribution < -0.4 is 4.74 Å². The molecule has 3 nitrogen and oxygen atoms in total. The summed E-state index contributed by atoms with van der Waals surface area (Å²) in [5.41, 5.74) is 0.684. The molecular weight excluding hydrogens is 254 g/mol. The van der Waals surface area contributed by atoms with E-state index in [0.29, 0.717) is 5.56 Å². The second-order valence-electron chi connectivity index (χ2n) is 3.27. The fourth-order valence-corrected chi connectivity index (χ4v) is 1.24. The molecule has 0 radical (unpaired) electrons. The summed E-state index contributed by atoms with van der Waals surface area (Å²) in [6.45, 7) is 2.96. The van der Waals surface area contributed by atoms with Gasteiger partial charge in [0.2, 0.25) is 0 Å². The van der Waals surface area contributed by atoms with Crippen LogP contribution >= 0.6 is 11.6 Å². The second kappa shape index (κ2) is 5.31. The largest absolute Gasteiger partial charge is 0.502 e. The first-order chi connectivity index (χ1) is 7.86. The van der Waals surface area contributed by atoms with Gasteiger partial charge in [0.15, 0.2) is 0 Å². The van der Waals surface area contributed by atoms with Gasteiger partial charge in [0.1, 0.15) is 5.75 Å². The van der Waals surface area contributed by atoms with Gasteiger partial charge in [-0.05, 0) is 31.5 Å². The fourth-order valence-electron chi connectivity index (χ4n) is 1.08. The highest BCUT2D eigenvalue weighted by Crippen LogP contribution is 2.30. The van der Waals surface area contributed by atoms with E-state index in [4.69, 9.17) is 11.6 Å². The smallest absolute Gasteiger partial charge is 0.459 e. The van der Waals surface area contributed by atoms with E-state index in [1.165, 1.54) is 19.1 Å². The van der Waals surface area contributed by atoms with Gasteiger partial charge >= 0.3 is 12.1 Å². The molecule has 0 N–H and O–H groups in total. The van der Waals surface area contributed by atoms with E-state index in [2.05, 4.69) is 9.47 Å². The summed E-state index contributed by atoms with van der Waals surface area (Å²) < 4.78 is 35.0. The van der Waals surface area contributed by atoms with Gasteiger partial charge in [-0.2, -0.15) is 8.78 Å². The lowest BCUT2D eigenvalue weighted by molar-refractivity contribution is -0.216. The topological polar surface area (TPSA) is 35.5 Å². The molecule has 0 heterocycles. The minimum Gasteiger partial charge on any atom is -0.459 e. The molecular formula is C11H11ClF2O3. The molecule has 0 aliphatic heterocycles. The standard InChI is InChI=1S/C11H11ClF2O3/c1-3-16-10(15)11(13,14)17-9-6-7(2)4-5-8(9)12/h4-6H,3H2,1-2H3. The second-order valence-corrected chi connectivity index (χ2v) is 3.68. The molecule has 0 amide bonds. The molecule has 1 aromatic rings. The van der Waals surface area contributed by atoms with Crippen molar-refractivity contribution in [3.05, 3.63) is 28.8 Å². The lowest BCUT2D eigenvalue weighted by Crippen LogP contribution is -2.37. The first-order valence-corrected chi connectivity index (χ1v) is 5.25. The van der Waals surface area contributed by atoms with Crippen molar-refractivity contribution in [3.8, 4) is 5.75 Å². The zero-order valence-electron chi connectivity index (χ0n) is 9.30. The highest BCUT2D eigenvalue weighted by atomic mass is 35.5. The fraction of sp³-hybridized carbons (Fsp3) is 0.364. The van der Waals surface area contributed by atoms with Gasteiger partial charge < -0.3 is 9.47 Å². The number of benzene rings is 1. The van der Waals surface area contributed by atoms with E-state index in [1.54, 1.807) is 13.0 Å². The molecule has 0 fully saturated rings. The van der Waals surface area contributed by atoms with E-state index in [9.17, 15) is 13.6 Å². The normalized spacial score (nSPS) is 11.1. The van der Waals surface area contributed by atoms with Crippen molar-refractivity contribution in [3.63, 3.8) is 0 Å². The van der Waals surface area contributed by atoms with Crippen molar-refractivity contribution in [1.82, 2.24) is 0 Å². The quantitative estimate of drug-likeness (QED) is 0.784. The Morgan fingerprint density at radius 1 is 1.47 bits per heavy atom. The third-order valence-electron chi connectivity index (χ3n) is 1.84. The van der Waals surface area contributed by atoms with Crippen molar-refractivity contribution in [1.29, 1.82) is 0 Å². The summed E-state index contributed by atoms with van der Waals surface area (Å²) in [7, 11) is 0. The van der Waals surface area contributed by atoms with Crippen molar-refractivity contribution in [2.24, 2.45) is 0 Å². The summed E-state index contributed by atoms with van der Waals surface area (Å²) in [6.07, 6.45) is -4.05. The van der Waals surface area contributed by atoms with Crippen LogP contribution in [0.5, 0.6) is 5.75 Å². The average molecular weight is 265 g/mol. The van der Waals surface area contributed by atoms with Crippen molar-refractivity contribution < 1.29 is 23.0 Å². The van der Waals surface area contributed by atoms with Gasteiger partial charge in [0, 0.05) is 0 Å². The minimum atomic E-state index is -4.05. The molecule has 17 heavy (non-hydrogen) atoms. The molecule has 1 rings (SSSR count). The van der Waals surface area contributed by atoms with Crippen LogP contribution in [0.3, 0.4) is 0 Å². The number of carbonyl (C=O) groups excluding carboxylic acids is 1. The van der Waals surface area contributed by atoms with Crippen LogP contribution in [0, 0.1) is 6.92 Å². The first-order valence-electron chi connectivity index (χ1n) is 4.87. The molecule has 0 aliphatic carbocycles. The Balaban J connectivity index is 2.89. The zero-order chi connectivity index (χ0) is 13.1. The molecule has 6 heteroatoms. The zero-order valence-corrected chi connectivity index (χ0v) is 10.1. The number of esters is 1. The van der Waals surface area contributed by atoms with Crippen molar-refractivity contribution in [2.75, 3.05) is 6.61 Å². The first kappa shape index (κ1) is 13.7. The van der Waals surface area contributed by atoms with Crippen LogP contribution in [0.2, 0.25) is 5.02 Å². The van der Waals surface area contributed by atoms with E-state index in [1.807, 2.05) is 0 Å². The van der Waals surface area contributed by atoms with Crippen LogP contribution in [0.15, 0.2) is 18.2 Å². The number of aryl methyl sites for hydroxylation is 1. The van der Waals surface area contributed by atoms with Gasteiger partial charge in [0.05, 0.1) is 11.6 Å². The Morgan fingerprint density at radius 2 is 2.12 bits per heavy atom. The maximum atomic E-state index is 13.2. The summed E-state index contributed by atoms with van der Waals surface area (Å²) in [4.78, 5) is 10.9. The average Bonchev–Trinajstić information content (AvgIpc) is 2.23. The molecule has 0 aromatic heterocycles. The molecule has 0 atom stereocenters. The van der Waals surface area contributed by atoms with E-state index in [0.717, 1.165) is 0 Å². The molecule has 0 bridgehead atoms. The molecule has 0 saturated heterocycles. The predicted molar refractivity (Wildman–Crippen MR) is 58.4 cm³/mol. The number of alkyl halides is 2. The van der Waals surface area contributed by atoms with Crippen LogP contribution in [0.1, 0.15) is 12.5 Å². The number of halogens is 3. The third kappa shape index (κ3) is 3.56. The lowest BCUT2D eigenvalue weighted by atomic mass is 10.2. The van der Waals surface area contributed by atoms with Crippen LogP contribution in [0.4, 0.5) is 8.78 Å². The Kier molecular flexibility index (Phi) is 4.28. The van der Waals surface area contributed by atoms with Crippen molar-refractivity contribution in [2.45, 2.75) is 20.0 Å². The monoisotopic (exact) mass is 264 g/mol. The SMILES string of the molecule is CCOC(=O)C(F)(F)Oc1cc(C)ccc1Cl. The van der Waals surface area contributed by atoms with Gasteiger partial charge in [0.25, 0.3) is 0 Å². The molecule has 1 aromatic carbocycles. The number of ether oxygens (including phenoxy) is 2. The van der Waals surface area contributed by atoms with Gasteiger partial charge in [-0.3, -0.25) is 0 Å². The number of rotatable bonds is 4. The minimum absolute atomic E-state index is 0.000395. The summed E-state index contributed by atoms with van der Waals surface area (Å²) in [5.74, 6) is -2.00. The summed E-state index contributed by atoms with van der Waals surface area (Å²) in [5, 5.41) is -0.000395. The van der Waals surface area contributed by atoms with E-state index < -0.39 is 12.1 Å². The number of hydrogen-bond donors (Lipinski definition) is 0. The Labute approximate surface area is 102 Å². The molecule has 0 aliphatic rings. The Hall–Kier alpha value is -1.36. The molecule has 0 saturated carbocycles. The molecule has 0 unspecified atom stereocenters. The Morgan fingerprint density at radius 3 is 2.71 bits per heavy atom. The number of hydrogen-bond acceptors (Lipinski definition) is 3. The Bertz CT molecular complexity index is 421. The lowest BCUT2D eigenvalue weighted by Gasteiger charge is -2.17. The van der Waals surface area contributed by atoms with Crippen LogP contribution in [-0.4, -0.2) is 18.7 Å². The van der Waals surface area contributed by atoms with E-state index >= 15 is 0 Å². The maximum absolute atomic E-state index is 13.2. The predicted octanol–water partition coefficient (Wildman–Crippen LogP) is 3.18. The third-order valence-corrected chi connectivity index (χ3v) is 2.15. The van der Waals surface area contributed by atoms with Crippen LogP contribution in [0.25, 0.3) is 0 Å². The maximum Gasteiger partial charge on any atom is 0.502 e. The summed E-state index contributed by atoms with van der Waals surface area (Å²) >= 11 is 5.67. The summed E-state index contributed by atoms with van der Waals surface area (Å²) in [6, 6.07) is 4.36. The van der Waals surface area contributed by atoms with Crippen LogP contribution in [-0.2, 0) is 9.53 Å².